The highest BCUT2D eigenvalue weighted by atomic mass is 19.4. The second-order valence-electron chi connectivity index (χ2n) is 1.60. The first-order chi connectivity index (χ1) is 4.95. The summed E-state index contributed by atoms with van der Waals surface area (Å²) in [5, 5.41) is 0. The first-order valence-corrected chi connectivity index (χ1v) is 2.50. The third-order valence-electron chi connectivity index (χ3n) is 0.632. The Morgan fingerprint density at radius 2 is 2.00 bits per heavy atom. The van der Waals surface area contributed by atoms with Gasteiger partial charge in [-0.1, -0.05) is 0 Å². The van der Waals surface area contributed by atoms with E-state index in [1.54, 1.807) is 5.43 Å². The van der Waals surface area contributed by atoms with E-state index in [1.165, 1.54) is 5.43 Å². The Morgan fingerprint density at radius 3 is 2.36 bits per heavy atom. The van der Waals surface area contributed by atoms with Gasteiger partial charge in [0.1, 0.15) is 6.42 Å². The van der Waals surface area contributed by atoms with Crippen molar-refractivity contribution in [3.8, 4) is 0 Å². The third-order valence-corrected chi connectivity index (χ3v) is 0.632. The van der Waals surface area contributed by atoms with E-state index in [0.29, 0.717) is 0 Å². The molecule has 7 heteroatoms. The van der Waals surface area contributed by atoms with Crippen LogP contribution in [0.5, 0.6) is 0 Å². The zero-order valence-corrected chi connectivity index (χ0v) is 5.23. The van der Waals surface area contributed by atoms with Gasteiger partial charge >= 0.3 is 6.18 Å². The van der Waals surface area contributed by atoms with Crippen molar-refractivity contribution in [2.45, 2.75) is 12.6 Å². The lowest BCUT2D eigenvalue weighted by Crippen LogP contribution is -2.38. The summed E-state index contributed by atoms with van der Waals surface area (Å²) in [7, 11) is 0. The zero-order valence-electron chi connectivity index (χ0n) is 5.23. The van der Waals surface area contributed by atoms with Crippen LogP contribution in [0.2, 0.25) is 0 Å². The van der Waals surface area contributed by atoms with Crippen LogP contribution in [0.15, 0.2) is 0 Å². The number of alkyl halides is 3. The molecule has 64 valence electrons. The first kappa shape index (κ1) is 9.73. The predicted octanol–water partition coefficient (Wildman–Crippen LogP) is -0.284. The van der Waals surface area contributed by atoms with Crippen LogP contribution in [-0.2, 0) is 9.59 Å². The molecule has 0 aromatic carbocycles. The monoisotopic (exact) mass is 170 g/mol. The predicted molar refractivity (Wildman–Crippen MR) is 28.0 cm³/mol. The van der Waals surface area contributed by atoms with Gasteiger partial charge < -0.3 is 0 Å². The van der Waals surface area contributed by atoms with E-state index in [2.05, 4.69) is 0 Å². The minimum absolute atomic E-state index is 0.0638. The smallest absolute Gasteiger partial charge is 0.277 e. The van der Waals surface area contributed by atoms with Gasteiger partial charge in [0.05, 0.1) is 0 Å². The molecule has 11 heavy (non-hydrogen) atoms. The summed E-state index contributed by atoms with van der Waals surface area (Å²) in [5.74, 6) is -1.30. The van der Waals surface area contributed by atoms with Gasteiger partial charge in [-0.05, 0) is 0 Å². The summed E-state index contributed by atoms with van der Waals surface area (Å²) < 4.78 is 34.1. The number of amides is 2. The van der Waals surface area contributed by atoms with Crippen molar-refractivity contribution in [2.24, 2.45) is 0 Å². The van der Waals surface area contributed by atoms with E-state index < -0.39 is 18.5 Å². The molecule has 0 fully saturated rings. The molecule has 0 heterocycles. The van der Waals surface area contributed by atoms with Crippen molar-refractivity contribution in [2.75, 3.05) is 0 Å². The summed E-state index contributed by atoms with van der Waals surface area (Å²) in [6.07, 6.45) is -6.09. The molecule has 0 bridgehead atoms. The SMILES string of the molecule is O=CNNC(=O)CC(F)(F)F. The molecular formula is C4H5F3N2O2. The van der Waals surface area contributed by atoms with Crippen LogP contribution in [0.1, 0.15) is 6.42 Å². The molecule has 0 spiro atoms. The van der Waals surface area contributed by atoms with E-state index in [9.17, 15) is 22.8 Å². The van der Waals surface area contributed by atoms with Crippen molar-refractivity contribution in [1.29, 1.82) is 0 Å². The Morgan fingerprint density at radius 1 is 1.45 bits per heavy atom. The Balaban J connectivity index is 3.61. The van der Waals surface area contributed by atoms with Crippen molar-refractivity contribution in [3.63, 3.8) is 0 Å². The van der Waals surface area contributed by atoms with Gasteiger partial charge in [-0.2, -0.15) is 13.2 Å². The molecule has 0 unspecified atom stereocenters. The summed E-state index contributed by atoms with van der Waals surface area (Å²) >= 11 is 0. The maximum absolute atomic E-state index is 11.4. The maximum atomic E-state index is 11.4. The first-order valence-electron chi connectivity index (χ1n) is 2.50. The molecule has 0 aliphatic rings. The van der Waals surface area contributed by atoms with Gasteiger partial charge in [0.25, 0.3) is 0 Å². The number of carbonyl (C=O) groups excluding carboxylic acids is 2. The molecule has 2 N–H and O–H groups in total. The Bertz CT molecular complexity index is 156. The van der Waals surface area contributed by atoms with E-state index in [4.69, 9.17) is 0 Å². The quantitative estimate of drug-likeness (QED) is 0.452. The normalized spacial score (nSPS) is 10.5. The largest absolute Gasteiger partial charge is 0.397 e. The van der Waals surface area contributed by atoms with Crippen LogP contribution < -0.4 is 10.9 Å². The fraction of sp³-hybridized carbons (Fsp3) is 0.500. The summed E-state index contributed by atoms with van der Waals surface area (Å²) in [6, 6.07) is 0. The van der Waals surface area contributed by atoms with E-state index >= 15 is 0 Å². The molecule has 0 rings (SSSR count). The molecular weight excluding hydrogens is 165 g/mol. The molecule has 0 aromatic heterocycles. The van der Waals surface area contributed by atoms with Crippen molar-refractivity contribution in [3.05, 3.63) is 0 Å². The topological polar surface area (TPSA) is 58.2 Å². The minimum Gasteiger partial charge on any atom is -0.277 e. The lowest BCUT2D eigenvalue weighted by Gasteiger charge is -2.05. The number of halogens is 3. The number of rotatable bonds is 3. The van der Waals surface area contributed by atoms with Gasteiger partial charge in [-0.3, -0.25) is 20.4 Å². The fourth-order valence-corrected chi connectivity index (χ4v) is 0.336. The zero-order chi connectivity index (χ0) is 8.91. The average molecular weight is 170 g/mol. The molecule has 0 radical (unpaired) electrons. The Labute approximate surface area is 59.7 Å². The molecule has 0 aliphatic carbocycles. The van der Waals surface area contributed by atoms with Crippen LogP contribution in [0.25, 0.3) is 0 Å². The van der Waals surface area contributed by atoms with Crippen molar-refractivity contribution in [1.82, 2.24) is 10.9 Å². The highest BCUT2D eigenvalue weighted by molar-refractivity contribution is 5.77. The Kier molecular flexibility index (Phi) is 3.35. The van der Waals surface area contributed by atoms with E-state index in [1.807, 2.05) is 0 Å². The van der Waals surface area contributed by atoms with Crippen molar-refractivity contribution >= 4 is 12.3 Å². The van der Waals surface area contributed by atoms with Gasteiger partial charge in [0.15, 0.2) is 0 Å². The second kappa shape index (κ2) is 3.79. The molecule has 0 saturated heterocycles. The maximum Gasteiger partial charge on any atom is 0.397 e. The lowest BCUT2D eigenvalue weighted by atomic mass is 10.4. The van der Waals surface area contributed by atoms with Crippen LogP contribution in [0.4, 0.5) is 13.2 Å². The molecule has 0 atom stereocenters. The van der Waals surface area contributed by atoms with Gasteiger partial charge in [-0.15, -0.1) is 0 Å². The Hall–Kier alpha value is -1.27. The number of hydrazine groups is 1. The number of hydrogen-bond donors (Lipinski definition) is 2. The molecule has 2 amide bonds. The highest BCUT2D eigenvalue weighted by Gasteiger charge is 2.30. The summed E-state index contributed by atoms with van der Waals surface area (Å²) in [4.78, 5) is 19.6. The van der Waals surface area contributed by atoms with Gasteiger partial charge in [0, 0.05) is 0 Å². The van der Waals surface area contributed by atoms with Crippen LogP contribution >= 0.6 is 0 Å². The molecule has 0 saturated carbocycles. The number of nitrogens with one attached hydrogen (secondary N) is 2. The van der Waals surface area contributed by atoms with E-state index in [-0.39, 0.29) is 6.41 Å². The van der Waals surface area contributed by atoms with Crippen LogP contribution in [0.3, 0.4) is 0 Å². The van der Waals surface area contributed by atoms with Crippen LogP contribution in [-0.4, -0.2) is 18.5 Å². The minimum atomic E-state index is -4.55. The standard InChI is InChI=1S/C4H5F3N2O2/c5-4(6,7)1-3(11)9-8-2-10/h2H,1H2,(H,8,10)(H,9,11). The fourth-order valence-electron chi connectivity index (χ4n) is 0.336. The van der Waals surface area contributed by atoms with Gasteiger partial charge in [0.2, 0.25) is 12.3 Å². The molecule has 4 nitrogen and oxygen atoms in total. The number of carbonyl (C=O) groups is 2. The van der Waals surface area contributed by atoms with E-state index in [0.717, 1.165) is 0 Å². The third kappa shape index (κ3) is 6.62. The lowest BCUT2D eigenvalue weighted by molar-refractivity contribution is -0.154. The number of hydrogen-bond acceptors (Lipinski definition) is 2. The average Bonchev–Trinajstić information content (AvgIpc) is 1.79. The van der Waals surface area contributed by atoms with Crippen molar-refractivity contribution < 1.29 is 22.8 Å². The van der Waals surface area contributed by atoms with Gasteiger partial charge in [-0.25, -0.2) is 0 Å². The molecule has 0 aromatic rings. The summed E-state index contributed by atoms with van der Waals surface area (Å²) in [5.41, 5.74) is 3.10. The van der Waals surface area contributed by atoms with Crippen LogP contribution in [0, 0.1) is 0 Å². The molecule has 0 aliphatic heterocycles. The summed E-state index contributed by atoms with van der Waals surface area (Å²) in [6.45, 7) is 0. The highest BCUT2D eigenvalue weighted by Crippen LogP contribution is 2.18. The second-order valence-corrected chi connectivity index (χ2v) is 1.60.